The molecule has 2 atom stereocenters. The lowest BCUT2D eigenvalue weighted by molar-refractivity contribution is -0.126. The summed E-state index contributed by atoms with van der Waals surface area (Å²) in [4.78, 5) is 23.6. The Morgan fingerprint density at radius 1 is 1.10 bits per heavy atom. The molecule has 5 nitrogen and oxygen atoms in total. The van der Waals surface area contributed by atoms with Gasteiger partial charge >= 0.3 is 0 Å². The third-order valence-corrected chi connectivity index (χ3v) is 4.81. The lowest BCUT2D eigenvalue weighted by Gasteiger charge is -2.30. The number of amides is 2. The molecule has 1 aliphatic heterocycles. The van der Waals surface area contributed by atoms with Gasteiger partial charge in [-0.1, -0.05) is 25.7 Å². The van der Waals surface area contributed by atoms with Gasteiger partial charge < -0.3 is 16.0 Å². The average Bonchev–Trinajstić information content (AvgIpc) is 2.99. The summed E-state index contributed by atoms with van der Waals surface area (Å²) < 4.78 is 0. The van der Waals surface area contributed by atoms with Crippen molar-refractivity contribution >= 4 is 11.8 Å². The first-order valence-corrected chi connectivity index (χ1v) is 8.44. The molecule has 2 aliphatic rings. The Labute approximate surface area is 127 Å². The Morgan fingerprint density at radius 2 is 1.86 bits per heavy atom. The Morgan fingerprint density at radius 3 is 2.57 bits per heavy atom. The number of rotatable bonds is 6. The molecule has 2 amide bonds. The standard InChI is InChI=1S/C16H29N3O2/c1-12-14(7-4-10-17-12)19-16(21)11-18-15(20)9-8-13-5-2-3-6-13/h12-14,17H,2-11H2,1H3,(H,18,20)(H,19,21). The second-order valence-electron chi connectivity index (χ2n) is 6.52. The molecule has 1 aliphatic carbocycles. The summed E-state index contributed by atoms with van der Waals surface area (Å²) in [6.07, 6.45) is 8.76. The van der Waals surface area contributed by atoms with Crippen LogP contribution in [0.2, 0.25) is 0 Å². The predicted molar refractivity (Wildman–Crippen MR) is 82.8 cm³/mol. The van der Waals surface area contributed by atoms with E-state index in [1.165, 1.54) is 25.7 Å². The summed E-state index contributed by atoms with van der Waals surface area (Å²) in [7, 11) is 0. The van der Waals surface area contributed by atoms with Gasteiger partial charge in [-0.25, -0.2) is 0 Å². The quantitative estimate of drug-likeness (QED) is 0.692. The van der Waals surface area contributed by atoms with E-state index in [0.717, 1.165) is 31.7 Å². The Bertz CT molecular complexity index is 353. The van der Waals surface area contributed by atoms with Crippen LogP contribution in [0.4, 0.5) is 0 Å². The van der Waals surface area contributed by atoms with Crippen molar-refractivity contribution < 1.29 is 9.59 Å². The number of hydrogen-bond acceptors (Lipinski definition) is 3. The normalized spacial score (nSPS) is 26.5. The highest BCUT2D eigenvalue weighted by molar-refractivity contribution is 5.84. The SMILES string of the molecule is CC1NCCCC1NC(=O)CNC(=O)CCC1CCCC1. The molecule has 1 saturated heterocycles. The van der Waals surface area contributed by atoms with Gasteiger partial charge in [0.25, 0.3) is 0 Å². The zero-order valence-corrected chi connectivity index (χ0v) is 13.1. The fourth-order valence-electron chi connectivity index (χ4n) is 3.40. The van der Waals surface area contributed by atoms with Crippen LogP contribution in [0.15, 0.2) is 0 Å². The second-order valence-corrected chi connectivity index (χ2v) is 6.52. The summed E-state index contributed by atoms with van der Waals surface area (Å²) in [5.74, 6) is 0.648. The molecule has 0 aromatic heterocycles. The summed E-state index contributed by atoms with van der Waals surface area (Å²) in [5, 5.41) is 9.10. The molecule has 21 heavy (non-hydrogen) atoms. The van der Waals surface area contributed by atoms with Gasteiger partial charge in [0.15, 0.2) is 0 Å². The minimum absolute atomic E-state index is 0.00636. The van der Waals surface area contributed by atoms with E-state index in [1.54, 1.807) is 0 Å². The third-order valence-electron chi connectivity index (χ3n) is 4.81. The molecule has 5 heteroatoms. The molecular formula is C16H29N3O2. The highest BCUT2D eigenvalue weighted by atomic mass is 16.2. The molecular weight excluding hydrogens is 266 g/mol. The first kappa shape index (κ1) is 16.3. The average molecular weight is 295 g/mol. The Kier molecular flexibility index (Phi) is 6.49. The van der Waals surface area contributed by atoms with Crippen LogP contribution in [-0.2, 0) is 9.59 Å². The lowest BCUT2D eigenvalue weighted by Crippen LogP contribution is -2.53. The summed E-state index contributed by atoms with van der Waals surface area (Å²) in [6.45, 7) is 3.21. The van der Waals surface area contributed by atoms with Gasteiger partial charge in [-0.2, -0.15) is 0 Å². The summed E-state index contributed by atoms with van der Waals surface area (Å²) in [5.41, 5.74) is 0. The molecule has 1 heterocycles. The first-order chi connectivity index (χ1) is 10.1. The number of nitrogens with one attached hydrogen (secondary N) is 3. The van der Waals surface area contributed by atoms with E-state index in [-0.39, 0.29) is 24.4 Å². The van der Waals surface area contributed by atoms with Gasteiger partial charge in [0.05, 0.1) is 6.54 Å². The maximum Gasteiger partial charge on any atom is 0.239 e. The van der Waals surface area contributed by atoms with Gasteiger partial charge in [0, 0.05) is 18.5 Å². The maximum atomic E-state index is 11.9. The van der Waals surface area contributed by atoms with E-state index in [1.807, 2.05) is 0 Å². The third kappa shape index (κ3) is 5.65. The smallest absolute Gasteiger partial charge is 0.239 e. The van der Waals surface area contributed by atoms with Crippen molar-refractivity contribution in [3.05, 3.63) is 0 Å². The van der Waals surface area contributed by atoms with Gasteiger partial charge in [-0.3, -0.25) is 9.59 Å². The monoisotopic (exact) mass is 295 g/mol. The van der Waals surface area contributed by atoms with Crippen molar-refractivity contribution in [3.8, 4) is 0 Å². The molecule has 120 valence electrons. The molecule has 0 radical (unpaired) electrons. The molecule has 0 aromatic carbocycles. The van der Waals surface area contributed by atoms with E-state index < -0.39 is 0 Å². The van der Waals surface area contributed by atoms with Crippen LogP contribution in [0.5, 0.6) is 0 Å². The largest absolute Gasteiger partial charge is 0.350 e. The van der Waals surface area contributed by atoms with Crippen LogP contribution in [0.3, 0.4) is 0 Å². The van der Waals surface area contributed by atoms with Gasteiger partial charge in [-0.15, -0.1) is 0 Å². The number of hydrogen-bond donors (Lipinski definition) is 3. The molecule has 0 spiro atoms. The molecule has 2 rings (SSSR count). The summed E-state index contributed by atoms with van der Waals surface area (Å²) in [6, 6.07) is 0.488. The fraction of sp³-hybridized carbons (Fsp3) is 0.875. The number of carbonyl (C=O) groups excluding carboxylic acids is 2. The highest BCUT2D eigenvalue weighted by Crippen LogP contribution is 2.28. The van der Waals surface area contributed by atoms with Gasteiger partial charge in [0.2, 0.25) is 11.8 Å². The van der Waals surface area contributed by atoms with E-state index in [9.17, 15) is 9.59 Å². The van der Waals surface area contributed by atoms with Crippen LogP contribution in [0.25, 0.3) is 0 Å². The van der Waals surface area contributed by atoms with E-state index in [2.05, 4.69) is 22.9 Å². The molecule has 0 aromatic rings. The molecule has 1 saturated carbocycles. The zero-order chi connectivity index (χ0) is 15.1. The van der Waals surface area contributed by atoms with E-state index >= 15 is 0 Å². The first-order valence-electron chi connectivity index (χ1n) is 8.44. The molecule has 3 N–H and O–H groups in total. The van der Waals surface area contributed by atoms with Crippen molar-refractivity contribution in [3.63, 3.8) is 0 Å². The highest BCUT2D eigenvalue weighted by Gasteiger charge is 2.22. The van der Waals surface area contributed by atoms with Crippen molar-refractivity contribution in [2.75, 3.05) is 13.1 Å². The topological polar surface area (TPSA) is 70.2 Å². The minimum Gasteiger partial charge on any atom is -0.350 e. The van der Waals surface area contributed by atoms with Crippen LogP contribution in [0.1, 0.15) is 58.3 Å². The Hall–Kier alpha value is -1.10. The van der Waals surface area contributed by atoms with Crippen molar-refractivity contribution in [2.24, 2.45) is 5.92 Å². The van der Waals surface area contributed by atoms with Crippen LogP contribution in [0, 0.1) is 5.92 Å². The molecule has 0 bridgehead atoms. The van der Waals surface area contributed by atoms with E-state index in [0.29, 0.717) is 12.5 Å². The van der Waals surface area contributed by atoms with Crippen LogP contribution >= 0.6 is 0 Å². The summed E-state index contributed by atoms with van der Waals surface area (Å²) >= 11 is 0. The lowest BCUT2D eigenvalue weighted by atomic mass is 10.00. The molecule has 2 fully saturated rings. The molecule has 2 unspecified atom stereocenters. The predicted octanol–water partition coefficient (Wildman–Crippen LogP) is 1.33. The van der Waals surface area contributed by atoms with Crippen molar-refractivity contribution in [2.45, 2.75) is 70.4 Å². The minimum atomic E-state index is -0.0789. The number of piperidine rings is 1. The van der Waals surface area contributed by atoms with Crippen LogP contribution < -0.4 is 16.0 Å². The number of carbonyl (C=O) groups is 2. The van der Waals surface area contributed by atoms with E-state index in [4.69, 9.17) is 0 Å². The van der Waals surface area contributed by atoms with Crippen LogP contribution in [-0.4, -0.2) is 37.0 Å². The van der Waals surface area contributed by atoms with Gasteiger partial charge in [-0.05, 0) is 38.6 Å². The maximum absolute atomic E-state index is 11.9. The zero-order valence-electron chi connectivity index (χ0n) is 13.1. The Balaban J connectivity index is 1.58. The fourth-order valence-corrected chi connectivity index (χ4v) is 3.40. The second kappa shape index (κ2) is 8.37. The van der Waals surface area contributed by atoms with Crippen molar-refractivity contribution in [1.29, 1.82) is 0 Å². The van der Waals surface area contributed by atoms with Gasteiger partial charge in [0.1, 0.15) is 0 Å². The van der Waals surface area contributed by atoms with Crippen molar-refractivity contribution in [1.82, 2.24) is 16.0 Å².